The molecule has 5 heteroatoms. The lowest BCUT2D eigenvalue weighted by Crippen LogP contribution is -2.35. The highest BCUT2D eigenvalue weighted by molar-refractivity contribution is 9.10. The number of nitrogens with one attached hydrogen (secondary N) is 2. The molecule has 0 aliphatic carbocycles. The number of benzene rings is 1. The van der Waals surface area contributed by atoms with E-state index in [1.807, 2.05) is 25.1 Å². The van der Waals surface area contributed by atoms with Gasteiger partial charge in [-0.2, -0.15) is 0 Å². The molecule has 1 amide bonds. The van der Waals surface area contributed by atoms with Crippen molar-refractivity contribution in [2.24, 2.45) is 0 Å². The summed E-state index contributed by atoms with van der Waals surface area (Å²) in [4.78, 5) is 11.9. The molecule has 0 bridgehead atoms. The number of carbonyl (C=O) groups excluding carboxylic acids is 1. The molecule has 2 atom stereocenters. The van der Waals surface area contributed by atoms with Crippen LogP contribution in [-0.4, -0.2) is 29.7 Å². The molecule has 0 spiro atoms. The molecule has 1 aliphatic rings. The van der Waals surface area contributed by atoms with Gasteiger partial charge in [0.15, 0.2) is 0 Å². The second-order valence-electron chi connectivity index (χ2n) is 4.36. The first kappa shape index (κ1) is 12.5. The van der Waals surface area contributed by atoms with Crippen molar-refractivity contribution >= 4 is 27.5 Å². The molecule has 17 heavy (non-hydrogen) atoms. The minimum atomic E-state index is -0.421. The van der Waals surface area contributed by atoms with E-state index in [1.54, 1.807) is 0 Å². The molecule has 1 saturated heterocycles. The summed E-state index contributed by atoms with van der Waals surface area (Å²) in [5, 5.41) is 15.2. The second kappa shape index (κ2) is 5.16. The minimum Gasteiger partial charge on any atom is -0.392 e. The van der Waals surface area contributed by atoms with Gasteiger partial charge in [-0.15, -0.1) is 0 Å². The summed E-state index contributed by atoms with van der Waals surface area (Å²) in [5.41, 5.74) is 1.85. The van der Waals surface area contributed by atoms with Crippen LogP contribution in [0.5, 0.6) is 0 Å². The summed E-state index contributed by atoms with van der Waals surface area (Å²) in [6.45, 7) is 2.45. The van der Waals surface area contributed by atoms with E-state index in [1.165, 1.54) is 0 Å². The molecule has 1 fully saturated rings. The molecule has 2 unspecified atom stereocenters. The van der Waals surface area contributed by atoms with Crippen LogP contribution in [0.4, 0.5) is 5.69 Å². The van der Waals surface area contributed by atoms with Gasteiger partial charge in [0.05, 0.1) is 12.1 Å². The third-order valence-electron chi connectivity index (χ3n) is 2.73. The van der Waals surface area contributed by atoms with E-state index in [0.717, 1.165) is 15.7 Å². The lowest BCUT2D eigenvalue weighted by Gasteiger charge is -2.11. The molecule has 0 aromatic heterocycles. The predicted octanol–water partition coefficient (Wildman–Crippen LogP) is 1.42. The largest absolute Gasteiger partial charge is 0.392 e. The van der Waals surface area contributed by atoms with Crippen molar-refractivity contribution in [2.75, 3.05) is 11.9 Å². The van der Waals surface area contributed by atoms with Gasteiger partial charge >= 0.3 is 0 Å². The number of carbonyl (C=O) groups is 1. The number of anilines is 1. The van der Waals surface area contributed by atoms with Crippen LogP contribution < -0.4 is 10.6 Å². The molecular weight excluding hydrogens is 284 g/mol. The standard InChI is InChI=1S/C12H15BrN2O2/c1-7-2-8(13)4-9(3-7)15-12(17)11-5-10(16)6-14-11/h2-4,10-11,14,16H,5-6H2,1H3,(H,15,17). The highest BCUT2D eigenvalue weighted by Crippen LogP contribution is 2.19. The molecular formula is C12H15BrN2O2. The fourth-order valence-corrected chi connectivity index (χ4v) is 2.56. The Hall–Kier alpha value is -0.910. The third kappa shape index (κ3) is 3.28. The summed E-state index contributed by atoms with van der Waals surface area (Å²) in [7, 11) is 0. The highest BCUT2D eigenvalue weighted by Gasteiger charge is 2.27. The van der Waals surface area contributed by atoms with Crippen molar-refractivity contribution < 1.29 is 9.90 Å². The molecule has 0 radical (unpaired) electrons. The Bertz CT molecular complexity index is 416. The molecule has 1 aromatic carbocycles. The number of β-amino-alcohol motifs (C(OH)–C–C–N with tert-alkyl or cyclic N) is 1. The fraction of sp³-hybridized carbons (Fsp3) is 0.417. The monoisotopic (exact) mass is 298 g/mol. The average molecular weight is 299 g/mol. The molecule has 1 aliphatic heterocycles. The summed E-state index contributed by atoms with van der Waals surface area (Å²) < 4.78 is 0.937. The number of aliphatic hydroxyl groups excluding tert-OH is 1. The van der Waals surface area contributed by atoms with Crippen molar-refractivity contribution in [3.63, 3.8) is 0 Å². The summed E-state index contributed by atoms with van der Waals surface area (Å²) in [5.74, 6) is -0.0981. The van der Waals surface area contributed by atoms with Gasteiger partial charge in [0.1, 0.15) is 0 Å². The number of hydrogen-bond donors (Lipinski definition) is 3. The van der Waals surface area contributed by atoms with Crippen LogP contribution in [0.3, 0.4) is 0 Å². The zero-order valence-corrected chi connectivity index (χ0v) is 11.1. The van der Waals surface area contributed by atoms with Gasteiger partial charge in [0.2, 0.25) is 5.91 Å². The Balaban J connectivity index is 2.03. The zero-order chi connectivity index (χ0) is 12.4. The van der Waals surface area contributed by atoms with E-state index in [-0.39, 0.29) is 11.9 Å². The Kier molecular flexibility index (Phi) is 3.81. The first-order chi connectivity index (χ1) is 8.04. The van der Waals surface area contributed by atoms with Crippen molar-refractivity contribution in [2.45, 2.75) is 25.5 Å². The van der Waals surface area contributed by atoms with Gasteiger partial charge in [0.25, 0.3) is 0 Å². The van der Waals surface area contributed by atoms with Crippen molar-refractivity contribution in [1.29, 1.82) is 0 Å². The number of aliphatic hydroxyl groups is 1. The minimum absolute atomic E-state index is 0.0981. The SMILES string of the molecule is Cc1cc(Br)cc(NC(=O)C2CC(O)CN2)c1. The summed E-state index contributed by atoms with van der Waals surface area (Å²) in [6, 6.07) is 5.45. The molecule has 2 rings (SSSR count). The molecule has 1 heterocycles. The van der Waals surface area contributed by atoms with Crippen LogP contribution in [0.1, 0.15) is 12.0 Å². The van der Waals surface area contributed by atoms with Crippen LogP contribution in [0.2, 0.25) is 0 Å². The van der Waals surface area contributed by atoms with Crippen LogP contribution in [0, 0.1) is 6.92 Å². The molecule has 4 nitrogen and oxygen atoms in total. The second-order valence-corrected chi connectivity index (χ2v) is 5.27. The Morgan fingerprint density at radius 1 is 1.53 bits per heavy atom. The topological polar surface area (TPSA) is 61.4 Å². The molecule has 1 aromatic rings. The lowest BCUT2D eigenvalue weighted by atomic mass is 10.1. The number of hydrogen-bond acceptors (Lipinski definition) is 3. The van der Waals surface area contributed by atoms with Crippen LogP contribution in [0.15, 0.2) is 22.7 Å². The maximum Gasteiger partial charge on any atom is 0.241 e. The average Bonchev–Trinajstić information content (AvgIpc) is 2.63. The quantitative estimate of drug-likeness (QED) is 0.774. The Labute approximate surface area is 109 Å². The first-order valence-electron chi connectivity index (χ1n) is 5.54. The Morgan fingerprint density at radius 2 is 2.29 bits per heavy atom. The fourth-order valence-electron chi connectivity index (χ4n) is 1.95. The van der Waals surface area contributed by atoms with Crippen molar-refractivity contribution in [1.82, 2.24) is 5.32 Å². The smallest absolute Gasteiger partial charge is 0.241 e. The van der Waals surface area contributed by atoms with Gasteiger partial charge in [-0.05, 0) is 37.1 Å². The van der Waals surface area contributed by atoms with E-state index in [4.69, 9.17) is 0 Å². The van der Waals surface area contributed by atoms with Crippen molar-refractivity contribution in [3.8, 4) is 0 Å². The number of amides is 1. The van der Waals surface area contributed by atoms with E-state index in [0.29, 0.717) is 13.0 Å². The van der Waals surface area contributed by atoms with E-state index >= 15 is 0 Å². The number of aryl methyl sites for hydroxylation is 1. The summed E-state index contributed by atoms with van der Waals surface area (Å²) in [6.07, 6.45) is 0.0497. The van der Waals surface area contributed by atoms with Crippen LogP contribution >= 0.6 is 15.9 Å². The van der Waals surface area contributed by atoms with Gasteiger partial charge in [0, 0.05) is 16.7 Å². The van der Waals surface area contributed by atoms with Gasteiger partial charge < -0.3 is 15.7 Å². The number of rotatable bonds is 2. The third-order valence-corrected chi connectivity index (χ3v) is 3.19. The number of halogens is 1. The maximum absolute atomic E-state index is 11.9. The molecule has 0 saturated carbocycles. The normalized spacial score (nSPS) is 23.7. The molecule has 3 N–H and O–H groups in total. The zero-order valence-electron chi connectivity index (χ0n) is 9.53. The summed E-state index contributed by atoms with van der Waals surface area (Å²) >= 11 is 3.39. The molecule has 92 valence electrons. The first-order valence-corrected chi connectivity index (χ1v) is 6.33. The van der Waals surface area contributed by atoms with Gasteiger partial charge in [-0.25, -0.2) is 0 Å². The van der Waals surface area contributed by atoms with Gasteiger partial charge in [-0.1, -0.05) is 15.9 Å². The van der Waals surface area contributed by atoms with E-state index in [9.17, 15) is 9.90 Å². The highest BCUT2D eigenvalue weighted by atomic mass is 79.9. The van der Waals surface area contributed by atoms with Crippen LogP contribution in [0.25, 0.3) is 0 Å². The Morgan fingerprint density at radius 3 is 2.88 bits per heavy atom. The van der Waals surface area contributed by atoms with Crippen molar-refractivity contribution in [3.05, 3.63) is 28.2 Å². The predicted molar refractivity (Wildman–Crippen MR) is 69.9 cm³/mol. The maximum atomic E-state index is 11.9. The van der Waals surface area contributed by atoms with Gasteiger partial charge in [-0.3, -0.25) is 4.79 Å². The van der Waals surface area contributed by atoms with E-state index < -0.39 is 6.10 Å². The lowest BCUT2D eigenvalue weighted by molar-refractivity contribution is -0.117. The van der Waals surface area contributed by atoms with E-state index in [2.05, 4.69) is 26.6 Å². The van der Waals surface area contributed by atoms with Crippen LogP contribution in [-0.2, 0) is 4.79 Å².